The molecule has 0 saturated carbocycles. The molecule has 2 aromatic carbocycles. The van der Waals surface area contributed by atoms with Crippen LogP contribution in [0.25, 0.3) is 0 Å². The van der Waals surface area contributed by atoms with E-state index in [0.29, 0.717) is 0 Å². The second-order valence-corrected chi connectivity index (χ2v) is 7.68. The first-order valence-corrected chi connectivity index (χ1v) is 9.50. The lowest BCUT2D eigenvalue weighted by Gasteiger charge is -2.39. The summed E-state index contributed by atoms with van der Waals surface area (Å²) in [6, 6.07) is 15.1. The fraction of sp³-hybridized carbons (Fsp3) is 0.409. The number of carbonyl (C=O) groups excluding carboxylic acids is 1. The maximum Gasteiger partial charge on any atom is 0.228 e. The number of benzene rings is 2. The topological polar surface area (TPSA) is 41.6 Å². The Hall–Kier alpha value is -2.40. The van der Waals surface area contributed by atoms with Gasteiger partial charge in [0.1, 0.15) is 0 Å². The molecule has 1 N–H and O–H groups in total. The third-order valence-electron chi connectivity index (χ3n) is 5.94. The minimum absolute atomic E-state index is 0.0425. The highest BCUT2D eigenvalue weighted by atomic mass is 19.1. The van der Waals surface area contributed by atoms with E-state index in [4.69, 9.17) is 4.74 Å². The Morgan fingerprint density at radius 3 is 2.63 bits per heavy atom. The first kappa shape index (κ1) is 18.0. The Morgan fingerprint density at radius 2 is 1.93 bits per heavy atom. The van der Waals surface area contributed by atoms with Crippen molar-refractivity contribution in [3.63, 3.8) is 0 Å². The number of amides is 1. The number of carbonyl (C=O) groups is 1. The average Bonchev–Trinajstić information content (AvgIpc) is 3.02. The third-order valence-corrected chi connectivity index (χ3v) is 5.94. The van der Waals surface area contributed by atoms with E-state index in [1.54, 1.807) is 6.07 Å². The van der Waals surface area contributed by atoms with Crippen molar-refractivity contribution in [3.8, 4) is 5.75 Å². The van der Waals surface area contributed by atoms with Gasteiger partial charge >= 0.3 is 0 Å². The third kappa shape index (κ3) is 3.69. The van der Waals surface area contributed by atoms with Crippen molar-refractivity contribution in [2.45, 2.75) is 37.3 Å². The maximum atomic E-state index is 13.6. The normalized spacial score (nSPS) is 22.0. The van der Waals surface area contributed by atoms with Crippen molar-refractivity contribution in [1.82, 2.24) is 10.2 Å². The Bertz CT molecular complexity index is 816. The van der Waals surface area contributed by atoms with Gasteiger partial charge < -0.3 is 10.1 Å². The van der Waals surface area contributed by atoms with Gasteiger partial charge in [0, 0.05) is 25.2 Å². The minimum atomic E-state index is -0.334. The SMILES string of the molecule is COc1cc(CN2CCC3(CC2)C[C@H](c2ccccc2)C(=O)N3)ccc1F. The van der Waals surface area contributed by atoms with Gasteiger partial charge in [-0.05, 0) is 42.5 Å². The molecular weight excluding hydrogens is 343 g/mol. The molecule has 4 rings (SSSR count). The standard InChI is InChI=1S/C22H25FN2O2/c1-27-20-13-16(7-8-19(20)23)15-25-11-9-22(10-12-25)14-18(21(26)24-22)17-5-3-2-4-6-17/h2-8,13,18H,9-12,14-15H2,1H3,(H,24,26)/t18-/m1/s1. The van der Waals surface area contributed by atoms with Gasteiger partial charge in [-0.25, -0.2) is 4.39 Å². The summed E-state index contributed by atoms with van der Waals surface area (Å²) in [4.78, 5) is 14.9. The zero-order chi connectivity index (χ0) is 18.9. The smallest absolute Gasteiger partial charge is 0.228 e. The number of nitrogens with zero attached hydrogens (tertiary/aromatic N) is 1. The number of rotatable bonds is 4. The Kier molecular flexibility index (Phi) is 4.87. The molecule has 1 spiro atoms. The van der Waals surface area contributed by atoms with Gasteiger partial charge in [0.05, 0.1) is 13.0 Å². The van der Waals surface area contributed by atoms with Gasteiger partial charge in [0.2, 0.25) is 5.91 Å². The number of piperidine rings is 1. The number of ether oxygens (including phenoxy) is 1. The van der Waals surface area contributed by atoms with Crippen LogP contribution >= 0.6 is 0 Å². The lowest BCUT2D eigenvalue weighted by atomic mass is 9.82. The number of halogens is 1. The molecule has 2 heterocycles. The van der Waals surface area contributed by atoms with Crippen molar-refractivity contribution in [2.75, 3.05) is 20.2 Å². The van der Waals surface area contributed by atoms with Crippen LogP contribution in [0.4, 0.5) is 4.39 Å². The largest absolute Gasteiger partial charge is 0.494 e. The fourth-order valence-corrected chi connectivity index (χ4v) is 4.37. The monoisotopic (exact) mass is 368 g/mol. The molecular formula is C22H25FN2O2. The molecule has 1 amide bonds. The van der Waals surface area contributed by atoms with Gasteiger partial charge in [0.15, 0.2) is 11.6 Å². The molecule has 0 unspecified atom stereocenters. The molecule has 0 aliphatic carbocycles. The number of methoxy groups -OCH3 is 1. The summed E-state index contributed by atoms with van der Waals surface area (Å²) in [6.07, 6.45) is 2.76. The van der Waals surface area contributed by atoms with Gasteiger partial charge in [-0.3, -0.25) is 9.69 Å². The first-order valence-electron chi connectivity index (χ1n) is 9.50. The summed E-state index contributed by atoms with van der Waals surface area (Å²) in [5.74, 6) is 0.0613. The predicted octanol–water partition coefficient (Wildman–Crippen LogP) is 3.47. The van der Waals surface area contributed by atoms with Crippen molar-refractivity contribution in [2.24, 2.45) is 0 Å². The summed E-state index contributed by atoms with van der Waals surface area (Å²) < 4.78 is 18.7. The van der Waals surface area contributed by atoms with Crippen LogP contribution in [-0.4, -0.2) is 36.5 Å². The first-order chi connectivity index (χ1) is 13.1. The van der Waals surface area contributed by atoms with Crippen LogP contribution in [0.15, 0.2) is 48.5 Å². The fourth-order valence-electron chi connectivity index (χ4n) is 4.37. The molecule has 2 aliphatic rings. The van der Waals surface area contributed by atoms with Crippen LogP contribution in [0.2, 0.25) is 0 Å². The molecule has 2 aliphatic heterocycles. The van der Waals surface area contributed by atoms with Crippen LogP contribution in [0.1, 0.15) is 36.3 Å². The van der Waals surface area contributed by atoms with Crippen LogP contribution in [0, 0.1) is 5.82 Å². The molecule has 2 saturated heterocycles. The van der Waals surface area contributed by atoms with Crippen LogP contribution in [-0.2, 0) is 11.3 Å². The van der Waals surface area contributed by atoms with E-state index in [9.17, 15) is 9.18 Å². The summed E-state index contributed by atoms with van der Waals surface area (Å²) in [7, 11) is 1.48. The summed E-state index contributed by atoms with van der Waals surface area (Å²) in [5.41, 5.74) is 2.06. The quantitative estimate of drug-likeness (QED) is 0.898. The summed E-state index contributed by atoms with van der Waals surface area (Å²) in [5, 5.41) is 3.29. The van der Waals surface area contributed by atoms with Crippen LogP contribution < -0.4 is 10.1 Å². The number of hydrogen-bond donors (Lipinski definition) is 1. The zero-order valence-corrected chi connectivity index (χ0v) is 15.6. The highest BCUT2D eigenvalue weighted by Crippen LogP contribution is 2.39. The zero-order valence-electron chi connectivity index (χ0n) is 15.6. The van der Waals surface area contributed by atoms with E-state index in [1.807, 2.05) is 36.4 Å². The molecule has 27 heavy (non-hydrogen) atoms. The van der Waals surface area contributed by atoms with Gasteiger partial charge in [0.25, 0.3) is 0 Å². The average molecular weight is 368 g/mol. The molecule has 1 atom stereocenters. The Labute approximate surface area is 159 Å². The number of nitrogens with one attached hydrogen (secondary N) is 1. The van der Waals surface area contributed by atoms with Gasteiger partial charge in [-0.15, -0.1) is 0 Å². The molecule has 0 radical (unpaired) electrons. The lowest BCUT2D eigenvalue weighted by molar-refractivity contribution is -0.121. The second kappa shape index (κ2) is 7.31. The second-order valence-electron chi connectivity index (χ2n) is 7.68. The van der Waals surface area contributed by atoms with Crippen molar-refractivity contribution >= 4 is 5.91 Å². The van der Waals surface area contributed by atoms with Crippen molar-refractivity contribution in [1.29, 1.82) is 0 Å². The minimum Gasteiger partial charge on any atom is -0.494 e. The van der Waals surface area contributed by atoms with Crippen LogP contribution in [0.5, 0.6) is 5.75 Å². The molecule has 0 aromatic heterocycles. The molecule has 2 aromatic rings. The van der Waals surface area contributed by atoms with E-state index in [-0.39, 0.29) is 28.9 Å². The van der Waals surface area contributed by atoms with Crippen LogP contribution in [0.3, 0.4) is 0 Å². The number of hydrogen-bond acceptors (Lipinski definition) is 3. The predicted molar refractivity (Wildman–Crippen MR) is 102 cm³/mol. The van der Waals surface area contributed by atoms with Crippen molar-refractivity contribution < 1.29 is 13.9 Å². The van der Waals surface area contributed by atoms with E-state index in [2.05, 4.69) is 10.2 Å². The molecule has 2 fully saturated rings. The highest BCUT2D eigenvalue weighted by molar-refractivity contribution is 5.87. The summed E-state index contributed by atoms with van der Waals surface area (Å²) in [6.45, 7) is 2.60. The molecule has 142 valence electrons. The Balaban J connectivity index is 1.38. The van der Waals surface area contributed by atoms with Gasteiger partial charge in [-0.1, -0.05) is 36.4 Å². The van der Waals surface area contributed by atoms with E-state index >= 15 is 0 Å². The van der Waals surface area contributed by atoms with E-state index in [1.165, 1.54) is 13.2 Å². The maximum absolute atomic E-state index is 13.6. The Morgan fingerprint density at radius 1 is 1.19 bits per heavy atom. The van der Waals surface area contributed by atoms with Gasteiger partial charge in [-0.2, -0.15) is 0 Å². The molecule has 5 heteroatoms. The number of likely N-dealkylation sites (tertiary alicyclic amines) is 1. The van der Waals surface area contributed by atoms with Crippen molar-refractivity contribution in [3.05, 3.63) is 65.5 Å². The highest BCUT2D eigenvalue weighted by Gasteiger charge is 2.46. The summed E-state index contributed by atoms with van der Waals surface area (Å²) >= 11 is 0. The molecule has 4 nitrogen and oxygen atoms in total. The lowest BCUT2D eigenvalue weighted by Crippen LogP contribution is -2.50. The molecule has 0 bridgehead atoms. The van der Waals surface area contributed by atoms with E-state index in [0.717, 1.165) is 50.0 Å². The van der Waals surface area contributed by atoms with E-state index < -0.39 is 0 Å².